The molecule has 1 aromatic rings. The lowest BCUT2D eigenvalue weighted by Gasteiger charge is -2.17. The third-order valence-corrected chi connectivity index (χ3v) is 4.40. The summed E-state index contributed by atoms with van der Waals surface area (Å²) in [7, 11) is 0. The first-order valence-electron chi connectivity index (χ1n) is 8.40. The monoisotopic (exact) mass is 316 g/mol. The molecule has 6 heteroatoms. The van der Waals surface area contributed by atoms with Crippen molar-refractivity contribution in [3.8, 4) is 0 Å². The fourth-order valence-electron chi connectivity index (χ4n) is 3.18. The number of rotatable bonds is 5. The van der Waals surface area contributed by atoms with Gasteiger partial charge in [0.05, 0.1) is 0 Å². The Morgan fingerprint density at radius 2 is 1.96 bits per heavy atom. The Hall–Kier alpha value is -2.08. The summed E-state index contributed by atoms with van der Waals surface area (Å²) in [5.41, 5.74) is 1.56. The zero-order valence-electron chi connectivity index (χ0n) is 13.4. The van der Waals surface area contributed by atoms with Gasteiger partial charge in [-0.05, 0) is 50.6 Å². The van der Waals surface area contributed by atoms with Crippen molar-refractivity contribution in [3.63, 3.8) is 0 Å². The maximum absolute atomic E-state index is 12.0. The van der Waals surface area contributed by atoms with Crippen molar-refractivity contribution >= 4 is 23.3 Å². The highest BCUT2D eigenvalue weighted by Gasteiger charge is 2.21. The number of likely N-dealkylation sites (tertiary alicyclic amines) is 1. The van der Waals surface area contributed by atoms with Crippen LogP contribution in [0.25, 0.3) is 0 Å². The molecule has 6 nitrogen and oxygen atoms in total. The largest absolute Gasteiger partial charge is 0.337 e. The van der Waals surface area contributed by atoms with Crippen LogP contribution in [0.3, 0.4) is 0 Å². The average molecular weight is 316 g/mol. The van der Waals surface area contributed by atoms with Gasteiger partial charge in [-0.15, -0.1) is 0 Å². The molecule has 0 aromatic heterocycles. The standard InChI is InChI=1S/C17H24N4O2/c22-16-7-4-11-21(16)15-6-3-5-14(13-15)19-17(23)18-8-12-20-9-1-2-10-20/h3,5-6,13H,1-2,4,7-12H2,(H2,18,19,23). The molecule has 124 valence electrons. The minimum atomic E-state index is -0.200. The summed E-state index contributed by atoms with van der Waals surface area (Å²) in [5.74, 6) is 0.150. The molecule has 0 saturated carbocycles. The molecule has 3 amide bonds. The molecule has 0 unspecified atom stereocenters. The smallest absolute Gasteiger partial charge is 0.319 e. The van der Waals surface area contributed by atoms with Gasteiger partial charge in [0.15, 0.2) is 0 Å². The van der Waals surface area contributed by atoms with Crippen molar-refractivity contribution in [1.29, 1.82) is 0 Å². The van der Waals surface area contributed by atoms with Gasteiger partial charge in [-0.2, -0.15) is 0 Å². The number of anilines is 2. The van der Waals surface area contributed by atoms with Crippen LogP contribution in [0.4, 0.5) is 16.2 Å². The van der Waals surface area contributed by atoms with Crippen LogP contribution in [0.1, 0.15) is 25.7 Å². The van der Waals surface area contributed by atoms with E-state index in [9.17, 15) is 9.59 Å². The van der Waals surface area contributed by atoms with E-state index in [1.807, 2.05) is 24.3 Å². The van der Waals surface area contributed by atoms with Gasteiger partial charge in [-0.3, -0.25) is 4.79 Å². The Balaban J connectivity index is 1.49. The number of benzene rings is 1. The zero-order chi connectivity index (χ0) is 16.1. The van der Waals surface area contributed by atoms with Crippen LogP contribution in [-0.2, 0) is 4.79 Å². The summed E-state index contributed by atoms with van der Waals surface area (Å²) in [6.07, 6.45) is 4.02. The quantitative estimate of drug-likeness (QED) is 0.873. The molecule has 2 saturated heterocycles. The first-order chi connectivity index (χ1) is 11.2. The van der Waals surface area contributed by atoms with E-state index in [2.05, 4.69) is 15.5 Å². The zero-order valence-corrected chi connectivity index (χ0v) is 13.4. The number of carbonyl (C=O) groups is 2. The molecule has 2 aliphatic heterocycles. The molecule has 2 aliphatic rings. The summed E-state index contributed by atoms with van der Waals surface area (Å²) in [6.45, 7) is 4.57. The molecular weight excluding hydrogens is 292 g/mol. The molecule has 0 aliphatic carbocycles. The minimum Gasteiger partial charge on any atom is -0.337 e. The van der Waals surface area contributed by atoms with E-state index >= 15 is 0 Å². The molecule has 0 radical (unpaired) electrons. The van der Waals surface area contributed by atoms with Gasteiger partial charge < -0.3 is 20.4 Å². The van der Waals surface area contributed by atoms with E-state index in [4.69, 9.17) is 0 Å². The molecule has 0 spiro atoms. The van der Waals surface area contributed by atoms with Crippen LogP contribution in [-0.4, -0.2) is 49.6 Å². The Morgan fingerprint density at radius 1 is 1.13 bits per heavy atom. The molecule has 0 bridgehead atoms. The van der Waals surface area contributed by atoms with Gasteiger partial charge in [0.25, 0.3) is 0 Å². The summed E-state index contributed by atoms with van der Waals surface area (Å²) >= 11 is 0. The second-order valence-electron chi connectivity index (χ2n) is 6.13. The van der Waals surface area contributed by atoms with Crippen LogP contribution in [0.5, 0.6) is 0 Å². The SMILES string of the molecule is O=C(NCCN1CCCC1)Nc1cccc(N2CCCC2=O)c1. The van der Waals surface area contributed by atoms with E-state index in [0.717, 1.165) is 38.3 Å². The van der Waals surface area contributed by atoms with Gasteiger partial charge >= 0.3 is 6.03 Å². The molecule has 3 rings (SSSR count). The lowest BCUT2D eigenvalue weighted by molar-refractivity contribution is -0.117. The molecule has 0 atom stereocenters. The Bertz CT molecular complexity index is 569. The molecule has 23 heavy (non-hydrogen) atoms. The van der Waals surface area contributed by atoms with Gasteiger partial charge in [-0.1, -0.05) is 6.07 Å². The van der Waals surface area contributed by atoms with E-state index in [-0.39, 0.29) is 11.9 Å². The average Bonchev–Trinajstić information content (AvgIpc) is 3.19. The molecular formula is C17H24N4O2. The van der Waals surface area contributed by atoms with Crippen LogP contribution >= 0.6 is 0 Å². The second-order valence-corrected chi connectivity index (χ2v) is 6.13. The van der Waals surface area contributed by atoms with E-state index in [1.165, 1.54) is 12.8 Å². The second kappa shape index (κ2) is 7.46. The first kappa shape index (κ1) is 15.8. The number of urea groups is 1. The maximum atomic E-state index is 12.0. The van der Waals surface area contributed by atoms with Crippen molar-refractivity contribution in [3.05, 3.63) is 24.3 Å². The van der Waals surface area contributed by atoms with Gasteiger partial charge in [0.2, 0.25) is 5.91 Å². The molecule has 2 N–H and O–H groups in total. The molecule has 1 aromatic carbocycles. The van der Waals surface area contributed by atoms with E-state index in [0.29, 0.717) is 18.7 Å². The Morgan fingerprint density at radius 3 is 2.70 bits per heavy atom. The highest BCUT2D eigenvalue weighted by atomic mass is 16.2. The van der Waals surface area contributed by atoms with Crippen LogP contribution in [0, 0.1) is 0 Å². The highest BCUT2D eigenvalue weighted by Crippen LogP contribution is 2.24. The van der Waals surface area contributed by atoms with Gasteiger partial charge in [0, 0.05) is 37.4 Å². The number of nitrogens with one attached hydrogen (secondary N) is 2. The Kier molecular flexibility index (Phi) is 5.12. The summed E-state index contributed by atoms with van der Waals surface area (Å²) in [4.78, 5) is 27.9. The highest BCUT2D eigenvalue weighted by molar-refractivity contribution is 5.96. The predicted molar refractivity (Wildman–Crippen MR) is 90.7 cm³/mol. The molecule has 2 fully saturated rings. The first-order valence-corrected chi connectivity index (χ1v) is 8.40. The lowest BCUT2D eigenvalue weighted by atomic mass is 10.2. The van der Waals surface area contributed by atoms with Crippen LogP contribution in [0.2, 0.25) is 0 Å². The van der Waals surface area contributed by atoms with Crippen LogP contribution < -0.4 is 15.5 Å². The Labute approximate surface area is 136 Å². The number of hydrogen-bond donors (Lipinski definition) is 2. The van der Waals surface area contributed by atoms with Crippen LogP contribution in [0.15, 0.2) is 24.3 Å². The number of hydrogen-bond acceptors (Lipinski definition) is 3. The van der Waals surface area contributed by atoms with Crippen molar-refractivity contribution in [2.24, 2.45) is 0 Å². The van der Waals surface area contributed by atoms with Crippen molar-refractivity contribution in [2.45, 2.75) is 25.7 Å². The maximum Gasteiger partial charge on any atom is 0.319 e. The lowest BCUT2D eigenvalue weighted by Crippen LogP contribution is -2.36. The van der Waals surface area contributed by atoms with Gasteiger partial charge in [-0.25, -0.2) is 4.79 Å². The van der Waals surface area contributed by atoms with E-state index < -0.39 is 0 Å². The third-order valence-electron chi connectivity index (χ3n) is 4.40. The molecule has 2 heterocycles. The third kappa shape index (κ3) is 4.22. The van der Waals surface area contributed by atoms with Crippen molar-refractivity contribution < 1.29 is 9.59 Å². The normalized spacial score (nSPS) is 18.4. The summed E-state index contributed by atoms with van der Waals surface area (Å²) in [6, 6.07) is 7.25. The predicted octanol–water partition coefficient (Wildman–Crippen LogP) is 2.03. The van der Waals surface area contributed by atoms with Crippen molar-refractivity contribution in [1.82, 2.24) is 10.2 Å². The fraction of sp³-hybridized carbons (Fsp3) is 0.529. The summed E-state index contributed by atoms with van der Waals surface area (Å²) < 4.78 is 0. The number of amides is 3. The number of nitrogens with zero attached hydrogens (tertiary/aromatic N) is 2. The summed E-state index contributed by atoms with van der Waals surface area (Å²) in [5, 5.41) is 5.72. The van der Waals surface area contributed by atoms with E-state index in [1.54, 1.807) is 4.90 Å². The fourth-order valence-corrected chi connectivity index (χ4v) is 3.18. The van der Waals surface area contributed by atoms with Crippen molar-refractivity contribution in [2.75, 3.05) is 42.9 Å². The number of carbonyl (C=O) groups excluding carboxylic acids is 2. The topological polar surface area (TPSA) is 64.7 Å². The van der Waals surface area contributed by atoms with Gasteiger partial charge in [0.1, 0.15) is 0 Å². The minimum absolute atomic E-state index is 0.150.